The number of nitrogens with one attached hydrogen (secondary N) is 1. The molecule has 4 nitrogen and oxygen atoms in total. The summed E-state index contributed by atoms with van der Waals surface area (Å²) >= 11 is 6.04. The van der Waals surface area contributed by atoms with Gasteiger partial charge >= 0.3 is 0 Å². The van der Waals surface area contributed by atoms with Crippen molar-refractivity contribution in [1.29, 1.82) is 0 Å². The third kappa shape index (κ3) is 4.39. The Morgan fingerprint density at radius 1 is 1.30 bits per heavy atom. The van der Waals surface area contributed by atoms with E-state index in [4.69, 9.17) is 22.1 Å². The summed E-state index contributed by atoms with van der Waals surface area (Å²) in [6, 6.07) is 11.1. The zero-order chi connectivity index (χ0) is 17.0. The fraction of sp³-hybridized carbons (Fsp3) is 0.278. The Kier molecular flexibility index (Phi) is 5.50. The number of benzene rings is 2. The van der Waals surface area contributed by atoms with Crippen LogP contribution >= 0.6 is 11.6 Å². The van der Waals surface area contributed by atoms with Gasteiger partial charge in [0.05, 0.1) is 16.4 Å². The molecule has 0 aromatic heterocycles. The summed E-state index contributed by atoms with van der Waals surface area (Å²) in [5, 5.41) is 3.09. The number of carbonyl (C=O) groups excluding carboxylic acids is 1. The summed E-state index contributed by atoms with van der Waals surface area (Å²) in [5.41, 5.74) is 8.81. The van der Waals surface area contributed by atoms with Crippen LogP contribution in [0, 0.1) is 6.92 Å². The average molecular weight is 333 g/mol. The molecule has 122 valence electrons. The van der Waals surface area contributed by atoms with Crippen molar-refractivity contribution in [2.24, 2.45) is 0 Å². The number of nitrogens with two attached hydrogens (primary N) is 1. The average Bonchev–Trinajstić information content (AvgIpc) is 2.49. The zero-order valence-electron chi connectivity index (χ0n) is 13.5. The first-order chi connectivity index (χ1) is 10.9. The first-order valence-electron chi connectivity index (χ1n) is 7.45. The maximum atomic E-state index is 12.1. The van der Waals surface area contributed by atoms with E-state index in [2.05, 4.69) is 19.2 Å². The highest BCUT2D eigenvalue weighted by atomic mass is 35.5. The van der Waals surface area contributed by atoms with Crippen molar-refractivity contribution in [3.05, 3.63) is 52.5 Å². The molecule has 0 aliphatic carbocycles. The highest BCUT2D eigenvalue weighted by Crippen LogP contribution is 2.29. The second-order valence-corrected chi connectivity index (χ2v) is 6.14. The quantitative estimate of drug-likeness (QED) is 0.799. The van der Waals surface area contributed by atoms with E-state index >= 15 is 0 Å². The highest BCUT2D eigenvalue weighted by Gasteiger charge is 2.12. The van der Waals surface area contributed by atoms with E-state index in [-0.39, 0.29) is 12.5 Å². The number of carbonyl (C=O) groups is 1. The third-order valence-electron chi connectivity index (χ3n) is 3.46. The van der Waals surface area contributed by atoms with Crippen LogP contribution in [0.4, 0.5) is 11.4 Å². The van der Waals surface area contributed by atoms with Crippen LogP contribution in [0.25, 0.3) is 0 Å². The molecule has 0 fully saturated rings. The number of ether oxygens (including phenoxy) is 1. The SMILES string of the molecule is Cc1ccc(C(C)C)c(OCC(=O)Nc2c(N)cccc2Cl)c1. The number of anilines is 2. The second-order valence-electron chi connectivity index (χ2n) is 5.74. The van der Waals surface area contributed by atoms with E-state index < -0.39 is 0 Å². The molecule has 0 bridgehead atoms. The van der Waals surface area contributed by atoms with Crippen LogP contribution in [0.1, 0.15) is 30.9 Å². The van der Waals surface area contributed by atoms with E-state index in [9.17, 15) is 4.79 Å². The van der Waals surface area contributed by atoms with Crippen molar-refractivity contribution in [2.75, 3.05) is 17.7 Å². The van der Waals surface area contributed by atoms with E-state index in [0.29, 0.717) is 22.3 Å². The number of hydrogen-bond donors (Lipinski definition) is 2. The number of nitrogen functional groups attached to an aromatic ring is 1. The summed E-state index contributed by atoms with van der Waals surface area (Å²) in [6.07, 6.45) is 0. The van der Waals surface area contributed by atoms with Gasteiger partial charge < -0.3 is 15.8 Å². The van der Waals surface area contributed by atoms with Gasteiger partial charge in [0, 0.05) is 0 Å². The molecule has 0 saturated heterocycles. The Bertz CT molecular complexity index is 694. The first kappa shape index (κ1) is 17.2. The maximum Gasteiger partial charge on any atom is 0.262 e. The van der Waals surface area contributed by atoms with Gasteiger partial charge in [0.15, 0.2) is 6.61 Å². The van der Waals surface area contributed by atoms with Crippen molar-refractivity contribution in [2.45, 2.75) is 26.7 Å². The van der Waals surface area contributed by atoms with Crippen molar-refractivity contribution in [3.63, 3.8) is 0 Å². The van der Waals surface area contributed by atoms with Gasteiger partial charge in [0.1, 0.15) is 5.75 Å². The molecule has 3 N–H and O–H groups in total. The normalized spacial score (nSPS) is 10.7. The van der Waals surface area contributed by atoms with Gasteiger partial charge in [-0.3, -0.25) is 4.79 Å². The van der Waals surface area contributed by atoms with Crippen LogP contribution in [-0.2, 0) is 4.79 Å². The Morgan fingerprint density at radius 3 is 2.70 bits per heavy atom. The van der Waals surface area contributed by atoms with Crippen molar-refractivity contribution >= 4 is 28.9 Å². The topological polar surface area (TPSA) is 64.3 Å². The summed E-state index contributed by atoms with van der Waals surface area (Å²) in [6.45, 7) is 6.05. The molecule has 5 heteroatoms. The fourth-order valence-electron chi connectivity index (χ4n) is 2.24. The van der Waals surface area contributed by atoms with Gasteiger partial charge in [-0.1, -0.05) is 43.6 Å². The van der Waals surface area contributed by atoms with Gasteiger partial charge in [-0.05, 0) is 42.2 Å². The number of aryl methyl sites for hydroxylation is 1. The van der Waals surface area contributed by atoms with Crippen LogP contribution in [0.5, 0.6) is 5.75 Å². The molecule has 2 rings (SSSR count). The van der Waals surface area contributed by atoms with E-state index in [1.54, 1.807) is 18.2 Å². The molecule has 2 aromatic carbocycles. The standard InChI is InChI=1S/C18H21ClN2O2/c1-11(2)13-8-7-12(3)9-16(13)23-10-17(22)21-18-14(19)5-4-6-15(18)20/h4-9,11H,10,20H2,1-3H3,(H,21,22). The third-order valence-corrected chi connectivity index (χ3v) is 3.78. The minimum atomic E-state index is -0.305. The molecule has 0 heterocycles. The Morgan fingerprint density at radius 2 is 2.04 bits per heavy atom. The molecule has 0 aliphatic heterocycles. The van der Waals surface area contributed by atoms with Gasteiger partial charge in [-0.2, -0.15) is 0 Å². The molecule has 0 saturated carbocycles. The molecule has 0 unspecified atom stereocenters. The second kappa shape index (κ2) is 7.38. The van der Waals surface area contributed by atoms with Crippen molar-refractivity contribution in [3.8, 4) is 5.75 Å². The predicted molar refractivity (Wildman–Crippen MR) is 95.3 cm³/mol. The van der Waals surface area contributed by atoms with Gasteiger partial charge in [0.2, 0.25) is 0 Å². The summed E-state index contributed by atoms with van der Waals surface area (Å²) in [4.78, 5) is 12.1. The number of rotatable bonds is 5. The molecule has 0 aliphatic rings. The Labute approximate surface area is 141 Å². The molecular weight excluding hydrogens is 312 g/mol. The molecule has 23 heavy (non-hydrogen) atoms. The fourth-order valence-corrected chi connectivity index (χ4v) is 2.46. The predicted octanol–water partition coefficient (Wildman–Crippen LogP) is 4.37. The lowest BCUT2D eigenvalue weighted by atomic mass is 10.0. The summed E-state index contributed by atoms with van der Waals surface area (Å²) in [5.74, 6) is 0.733. The molecular formula is C18H21ClN2O2. The molecule has 0 atom stereocenters. The Hall–Kier alpha value is -2.20. The molecule has 0 spiro atoms. The molecule has 1 amide bonds. The smallest absolute Gasteiger partial charge is 0.262 e. The largest absolute Gasteiger partial charge is 0.483 e. The van der Waals surface area contributed by atoms with Crippen LogP contribution in [-0.4, -0.2) is 12.5 Å². The van der Waals surface area contributed by atoms with Gasteiger partial charge in [-0.15, -0.1) is 0 Å². The van der Waals surface area contributed by atoms with E-state index in [1.807, 2.05) is 25.1 Å². The van der Waals surface area contributed by atoms with Crippen molar-refractivity contribution in [1.82, 2.24) is 0 Å². The van der Waals surface area contributed by atoms with Crippen LogP contribution in [0.3, 0.4) is 0 Å². The van der Waals surface area contributed by atoms with Crippen LogP contribution in [0.15, 0.2) is 36.4 Å². The molecule has 0 radical (unpaired) electrons. The summed E-state index contributed by atoms with van der Waals surface area (Å²) < 4.78 is 5.70. The number of amides is 1. The van der Waals surface area contributed by atoms with E-state index in [0.717, 1.165) is 16.9 Å². The van der Waals surface area contributed by atoms with Gasteiger partial charge in [-0.25, -0.2) is 0 Å². The zero-order valence-corrected chi connectivity index (χ0v) is 14.3. The van der Waals surface area contributed by atoms with Crippen LogP contribution < -0.4 is 15.8 Å². The minimum Gasteiger partial charge on any atom is -0.483 e. The number of para-hydroxylation sites is 1. The van der Waals surface area contributed by atoms with Gasteiger partial charge in [0.25, 0.3) is 5.91 Å². The minimum absolute atomic E-state index is 0.103. The monoisotopic (exact) mass is 332 g/mol. The van der Waals surface area contributed by atoms with Crippen LogP contribution in [0.2, 0.25) is 5.02 Å². The maximum absolute atomic E-state index is 12.1. The molecule has 2 aromatic rings. The van der Waals surface area contributed by atoms with E-state index in [1.165, 1.54) is 0 Å². The summed E-state index contributed by atoms with van der Waals surface area (Å²) in [7, 11) is 0. The number of halogens is 1. The van der Waals surface area contributed by atoms with Crippen molar-refractivity contribution < 1.29 is 9.53 Å². The number of hydrogen-bond acceptors (Lipinski definition) is 3. The lowest BCUT2D eigenvalue weighted by Crippen LogP contribution is -2.21. The highest BCUT2D eigenvalue weighted by molar-refractivity contribution is 6.34. The lowest BCUT2D eigenvalue weighted by Gasteiger charge is -2.15. The first-order valence-corrected chi connectivity index (χ1v) is 7.83. The lowest BCUT2D eigenvalue weighted by molar-refractivity contribution is -0.118. The Balaban J connectivity index is 2.07.